The molecule has 0 aromatic carbocycles. The number of esters is 1. The summed E-state index contributed by atoms with van der Waals surface area (Å²) in [6.07, 6.45) is 5.59. The normalized spacial score (nSPS) is 34.4. The maximum atomic E-state index is 12.1. The van der Waals surface area contributed by atoms with Crippen LogP contribution in [0.2, 0.25) is 0 Å². The topological polar surface area (TPSA) is 123 Å². The number of hydrogen-bond acceptors (Lipinski definition) is 5. The van der Waals surface area contributed by atoms with Gasteiger partial charge in [0.2, 0.25) is 5.91 Å². The molecule has 0 bridgehead atoms. The summed E-state index contributed by atoms with van der Waals surface area (Å²) in [7, 11) is 1.32. The van der Waals surface area contributed by atoms with Crippen LogP contribution in [0.25, 0.3) is 0 Å². The van der Waals surface area contributed by atoms with Gasteiger partial charge in [-0.05, 0) is 50.4 Å². The molecule has 1 saturated heterocycles. The highest BCUT2D eigenvalue weighted by Gasteiger charge is 2.41. The summed E-state index contributed by atoms with van der Waals surface area (Å²) in [4.78, 5) is 35.2. The first kappa shape index (κ1) is 21.8. The Morgan fingerprint density at radius 1 is 1.19 bits per heavy atom. The number of urea groups is 1. The van der Waals surface area contributed by atoms with Gasteiger partial charge in [0.15, 0.2) is 0 Å². The molecule has 6 atom stereocenters. The zero-order valence-corrected chi connectivity index (χ0v) is 16.6. The van der Waals surface area contributed by atoms with E-state index in [4.69, 9.17) is 5.73 Å². The van der Waals surface area contributed by atoms with Gasteiger partial charge < -0.3 is 26.4 Å². The Labute approximate surface area is 166 Å². The van der Waals surface area contributed by atoms with E-state index in [0.717, 1.165) is 25.7 Å². The Morgan fingerprint density at radius 3 is 2.48 bits per heavy atom. The van der Waals surface area contributed by atoms with Crippen LogP contribution in [0.5, 0.6) is 0 Å². The molecular formula is C18H31ClN4O4. The molecule has 3 rings (SSSR count). The van der Waals surface area contributed by atoms with Gasteiger partial charge in [0.25, 0.3) is 0 Å². The zero-order valence-electron chi connectivity index (χ0n) is 15.7. The Morgan fingerprint density at radius 2 is 1.85 bits per heavy atom. The van der Waals surface area contributed by atoms with Crippen LogP contribution in [-0.2, 0) is 14.3 Å². The number of rotatable bonds is 6. The second-order valence-corrected chi connectivity index (χ2v) is 8.03. The molecule has 2 saturated carbocycles. The van der Waals surface area contributed by atoms with Gasteiger partial charge in [-0.25, -0.2) is 4.79 Å². The highest BCUT2D eigenvalue weighted by molar-refractivity contribution is 5.86. The average Bonchev–Trinajstić information content (AvgIpc) is 3.20. The van der Waals surface area contributed by atoms with Crippen LogP contribution in [0, 0.1) is 17.8 Å². The van der Waals surface area contributed by atoms with E-state index in [-0.39, 0.29) is 54.7 Å². The summed E-state index contributed by atoms with van der Waals surface area (Å²) >= 11 is 0. The lowest BCUT2D eigenvalue weighted by molar-refractivity contribution is -0.143. The van der Waals surface area contributed by atoms with Crippen molar-refractivity contribution in [2.24, 2.45) is 23.5 Å². The number of carbonyl (C=O) groups is 3. The number of halogens is 1. The number of nitrogens with one attached hydrogen (secondary N) is 3. The van der Waals surface area contributed by atoms with E-state index in [0.29, 0.717) is 37.3 Å². The van der Waals surface area contributed by atoms with Gasteiger partial charge in [0, 0.05) is 24.7 Å². The van der Waals surface area contributed by atoms with Crippen molar-refractivity contribution in [3.8, 4) is 0 Å². The predicted molar refractivity (Wildman–Crippen MR) is 102 cm³/mol. The van der Waals surface area contributed by atoms with E-state index in [1.807, 2.05) is 0 Å². The van der Waals surface area contributed by atoms with Gasteiger partial charge in [-0.15, -0.1) is 12.4 Å². The Balaban J connectivity index is 0.00000261. The average molecular weight is 403 g/mol. The number of fused-ring (bicyclic) bond motifs is 1. The molecule has 2 aliphatic carbocycles. The molecule has 5 N–H and O–H groups in total. The first-order valence-electron chi connectivity index (χ1n) is 9.61. The number of amides is 3. The molecule has 9 heteroatoms. The molecule has 2 unspecified atom stereocenters. The van der Waals surface area contributed by atoms with Crippen LogP contribution in [0.1, 0.15) is 44.9 Å². The molecule has 1 heterocycles. The molecule has 1 aliphatic heterocycles. The summed E-state index contributed by atoms with van der Waals surface area (Å²) in [5, 5.41) is 8.82. The smallest absolute Gasteiger partial charge is 0.315 e. The highest BCUT2D eigenvalue weighted by Crippen LogP contribution is 2.43. The van der Waals surface area contributed by atoms with E-state index in [9.17, 15) is 14.4 Å². The minimum atomic E-state index is -0.370. The van der Waals surface area contributed by atoms with E-state index in [1.54, 1.807) is 0 Å². The highest BCUT2D eigenvalue weighted by atomic mass is 35.5. The zero-order chi connectivity index (χ0) is 18.7. The van der Waals surface area contributed by atoms with Gasteiger partial charge >= 0.3 is 12.0 Å². The minimum Gasteiger partial charge on any atom is -0.469 e. The number of carbonyl (C=O) groups excluding carboxylic acids is 3. The first-order chi connectivity index (χ1) is 12.4. The van der Waals surface area contributed by atoms with Crippen molar-refractivity contribution in [2.75, 3.05) is 13.7 Å². The van der Waals surface area contributed by atoms with Crippen molar-refractivity contribution in [3.63, 3.8) is 0 Å². The molecule has 3 fully saturated rings. The molecule has 0 spiro atoms. The molecule has 0 aromatic rings. The summed E-state index contributed by atoms with van der Waals surface area (Å²) in [6, 6.07) is 0.428. The Hall–Kier alpha value is -1.54. The van der Waals surface area contributed by atoms with Crippen LogP contribution >= 0.6 is 12.4 Å². The number of ether oxygens (including phenoxy) is 1. The van der Waals surface area contributed by atoms with E-state index in [2.05, 4.69) is 20.7 Å². The molecule has 0 radical (unpaired) electrons. The van der Waals surface area contributed by atoms with Gasteiger partial charge in [0.1, 0.15) is 0 Å². The van der Waals surface area contributed by atoms with Crippen LogP contribution in [-0.4, -0.2) is 49.7 Å². The SMILES string of the molecule is COC(=O)C[C@@H]1C[C@@H](CCNC(=O)NC2C[C@H]3CC(N)C[C@H]3C2)NC1=O.Cl. The fourth-order valence-electron chi connectivity index (χ4n) is 4.86. The summed E-state index contributed by atoms with van der Waals surface area (Å²) in [6.45, 7) is 0.492. The summed E-state index contributed by atoms with van der Waals surface area (Å²) < 4.78 is 4.61. The standard InChI is InChI=1S/C18H30N4O4.ClH/c1-26-16(23)9-12-8-14(21-17(12)24)2-3-20-18(25)22-15-6-10-4-13(19)5-11(10)7-15;/h10-15H,2-9,19H2,1H3,(H,21,24)(H2,20,22,25);1H/t10-,11+,12-,13?,14+,15?;/m0./s1. The second kappa shape index (κ2) is 9.59. The molecule has 3 amide bonds. The van der Waals surface area contributed by atoms with E-state index < -0.39 is 0 Å². The minimum absolute atomic E-state index is 0. The van der Waals surface area contributed by atoms with Crippen molar-refractivity contribution in [1.29, 1.82) is 0 Å². The monoisotopic (exact) mass is 402 g/mol. The van der Waals surface area contributed by atoms with Crippen molar-refractivity contribution < 1.29 is 19.1 Å². The summed E-state index contributed by atoms with van der Waals surface area (Å²) in [5.41, 5.74) is 6.00. The van der Waals surface area contributed by atoms with Crippen molar-refractivity contribution >= 4 is 30.3 Å². The number of hydrogen-bond donors (Lipinski definition) is 4. The van der Waals surface area contributed by atoms with Crippen molar-refractivity contribution in [1.82, 2.24) is 16.0 Å². The predicted octanol–water partition coefficient (Wildman–Crippen LogP) is 0.681. The molecule has 0 aromatic heterocycles. The lowest BCUT2D eigenvalue weighted by atomic mass is 10.00. The number of nitrogens with two attached hydrogens (primary N) is 1. The maximum Gasteiger partial charge on any atom is 0.315 e. The van der Waals surface area contributed by atoms with E-state index in [1.165, 1.54) is 7.11 Å². The Bertz CT molecular complexity index is 547. The van der Waals surface area contributed by atoms with Gasteiger partial charge in [0.05, 0.1) is 19.4 Å². The third-order valence-electron chi connectivity index (χ3n) is 6.09. The third-order valence-corrected chi connectivity index (χ3v) is 6.09. The van der Waals surface area contributed by atoms with Gasteiger partial charge in [-0.3, -0.25) is 9.59 Å². The van der Waals surface area contributed by atoms with Gasteiger partial charge in [-0.1, -0.05) is 0 Å². The van der Waals surface area contributed by atoms with Gasteiger partial charge in [-0.2, -0.15) is 0 Å². The molecule has 27 heavy (non-hydrogen) atoms. The largest absolute Gasteiger partial charge is 0.469 e. The maximum absolute atomic E-state index is 12.1. The Kier molecular flexibility index (Phi) is 7.73. The fraction of sp³-hybridized carbons (Fsp3) is 0.833. The quantitative estimate of drug-likeness (QED) is 0.486. The first-order valence-corrected chi connectivity index (χ1v) is 9.61. The van der Waals surface area contributed by atoms with Crippen LogP contribution < -0.4 is 21.7 Å². The lowest BCUT2D eigenvalue weighted by Crippen LogP contribution is -2.42. The van der Waals surface area contributed by atoms with Crippen LogP contribution in [0.4, 0.5) is 4.79 Å². The molecule has 3 aliphatic rings. The van der Waals surface area contributed by atoms with Crippen molar-refractivity contribution in [2.45, 2.75) is 63.1 Å². The number of methoxy groups -OCH3 is 1. The molecular weight excluding hydrogens is 372 g/mol. The van der Waals surface area contributed by atoms with Crippen LogP contribution in [0.15, 0.2) is 0 Å². The molecule has 8 nitrogen and oxygen atoms in total. The summed E-state index contributed by atoms with van der Waals surface area (Å²) in [5.74, 6) is 0.517. The fourth-order valence-corrected chi connectivity index (χ4v) is 4.86. The lowest BCUT2D eigenvalue weighted by Gasteiger charge is -2.16. The molecule has 154 valence electrons. The third kappa shape index (κ3) is 5.72. The second-order valence-electron chi connectivity index (χ2n) is 8.03. The van der Waals surface area contributed by atoms with Crippen LogP contribution in [0.3, 0.4) is 0 Å². The van der Waals surface area contributed by atoms with E-state index >= 15 is 0 Å². The van der Waals surface area contributed by atoms with Crippen molar-refractivity contribution in [3.05, 3.63) is 0 Å².